The van der Waals surface area contributed by atoms with Crippen molar-refractivity contribution >= 4 is 23.0 Å². The third-order valence-electron chi connectivity index (χ3n) is 6.65. The summed E-state index contributed by atoms with van der Waals surface area (Å²) in [6.45, 7) is 3.47. The highest BCUT2D eigenvalue weighted by Gasteiger charge is 2.29. The van der Waals surface area contributed by atoms with Crippen molar-refractivity contribution in [2.45, 2.75) is 13.5 Å². The standard InChI is InChI=1S/C28H27N5O4/c1-19-8-3-5-10-21(19)26(34)31-14-16-32(17-15-31)27(35)24-28(36)33(25-22(30-24)11-7-13-29-25)18-20-9-4-6-12-23(20)37-2/h3-13H,14-18H2,1-2H3. The fourth-order valence-electron chi connectivity index (χ4n) is 4.61. The maximum Gasteiger partial charge on any atom is 0.284 e. The average molecular weight is 498 g/mol. The van der Waals surface area contributed by atoms with Gasteiger partial charge in [0.05, 0.1) is 13.7 Å². The Morgan fingerprint density at radius 1 is 0.892 bits per heavy atom. The van der Waals surface area contributed by atoms with Gasteiger partial charge in [-0.2, -0.15) is 0 Å². The molecule has 0 spiro atoms. The minimum atomic E-state index is -0.513. The molecule has 1 aliphatic heterocycles. The van der Waals surface area contributed by atoms with E-state index < -0.39 is 11.5 Å². The molecular formula is C28H27N5O4. The van der Waals surface area contributed by atoms with Crippen LogP contribution in [0.3, 0.4) is 0 Å². The van der Waals surface area contributed by atoms with Crippen LogP contribution in [0.4, 0.5) is 0 Å². The molecule has 0 atom stereocenters. The molecule has 0 saturated carbocycles. The highest BCUT2D eigenvalue weighted by molar-refractivity contribution is 5.96. The first-order valence-electron chi connectivity index (χ1n) is 12.1. The SMILES string of the molecule is COc1ccccc1Cn1c(=O)c(C(=O)N2CCN(C(=O)c3ccccc3C)CC2)nc2cccnc21. The van der Waals surface area contributed by atoms with E-state index in [9.17, 15) is 14.4 Å². The van der Waals surface area contributed by atoms with Crippen molar-refractivity contribution in [3.05, 3.63) is 99.6 Å². The molecule has 1 aliphatic rings. The molecule has 2 aromatic heterocycles. The van der Waals surface area contributed by atoms with Gasteiger partial charge in [0.1, 0.15) is 11.3 Å². The lowest BCUT2D eigenvalue weighted by Crippen LogP contribution is -2.51. The molecule has 0 bridgehead atoms. The second kappa shape index (κ2) is 10.2. The first-order chi connectivity index (χ1) is 18.0. The zero-order valence-corrected chi connectivity index (χ0v) is 20.8. The molecule has 3 heterocycles. The Morgan fingerprint density at radius 2 is 1.57 bits per heavy atom. The van der Waals surface area contributed by atoms with Crippen molar-refractivity contribution in [1.82, 2.24) is 24.3 Å². The molecule has 9 nitrogen and oxygen atoms in total. The first kappa shape index (κ1) is 24.2. The Bertz CT molecular complexity index is 1540. The van der Waals surface area contributed by atoms with Crippen molar-refractivity contribution in [2.24, 2.45) is 0 Å². The maximum atomic E-state index is 13.6. The molecule has 4 aromatic rings. The van der Waals surface area contributed by atoms with Gasteiger partial charge in [-0.3, -0.25) is 19.0 Å². The molecule has 1 saturated heterocycles. The van der Waals surface area contributed by atoms with Crippen molar-refractivity contribution in [3.63, 3.8) is 0 Å². The first-order valence-corrected chi connectivity index (χ1v) is 12.1. The van der Waals surface area contributed by atoms with Crippen LogP contribution in [-0.4, -0.2) is 69.4 Å². The van der Waals surface area contributed by atoms with Crippen molar-refractivity contribution in [2.75, 3.05) is 33.3 Å². The van der Waals surface area contributed by atoms with Gasteiger partial charge in [0.15, 0.2) is 11.3 Å². The van der Waals surface area contributed by atoms with Gasteiger partial charge in [0.25, 0.3) is 17.4 Å². The summed E-state index contributed by atoms with van der Waals surface area (Å²) in [6.07, 6.45) is 1.59. The lowest BCUT2D eigenvalue weighted by atomic mass is 10.1. The highest BCUT2D eigenvalue weighted by atomic mass is 16.5. The van der Waals surface area contributed by atoms with E-state index in [1.807, 2.05) is 55.5 Å². The Balaban J connectivity index is 1.42. The Morgan fingerprint density at radius 3 is 2.30 bits per heavy atom. The number of rotatable bonds is 5. The number of carbonyl (C=O) groups is 2. The number of amides is 2. The molecule has 0 N–H and O–H groups in total. The Hall–Kier alpha value is -4.53. The second-order valence-corrected chi connectivity index (χ2v) is 8.91. The number of aryl methyl sites for hydroxylation is 1. The normalized spacial score (nSPS) is 13.6. The number of nitrogens with zero attached hydrogens (tertiary/aromatic N) is 5. The summed E-state index contributed by atoms with van der Waals surface area (Å²) < 4.78 is 6.92. The van der Waals surface area contributed by atoms with Gasteiger partial charge in [-0.15, -0.1) is 0 Å². The van der Waals surface area contributed by atoms with E-state index in [0.29, 0.717) is 48.7 Å². The van der Waals surface area contributed by atoms with Crippen LogP contribution in [0.25, 0.3) is 11.2 Å². The lowest BCUT2D eigenvalue weighted by Gasteiger charge is -2.34. The van der Waals surface area contributed by atoms with E-state index in [2.05, 4.69) is 9.97 Å². The smallest absolute Gasteiger partial charge is 0.284 e. The van der Waals surface area contributed by atoms with E-state index in [0.717, 1.165) is 11.1 Å². The van der Waals surface area contributed by atoms with Crippen LogP contribution in [0.2, 0.25) is 0 Å². The van der Waals surface area contributed by atoms with Crippen LogP contribution in [0.1, 0.15) is 32.0 Å². The molecular weight excluding hydrogens is 470 g/mol. The minimum Gasteiger partial charge on any atom is -0.496 e. The molecule has 2 aromatic carbocycles. The number of carbonyl (C=O) groups excluding carboxylic acids is 2. The predicted molar refractivity (Wildman–Crippen MR) is 139 cm³/mol. The zero-order chi connectivity index (χ0) is 25.9. The van der Waals surface area contributed by atoms with Crippen molar-refractivity contribution in [3.8, 4) is 5.75 Å². The van der Waals surface area contributed by atoms with Crippen LogP contribution in [-0.2, 0) is 6.54 Å². The summed E-state index contributed by atoms with van der Waals surface area (Å²) in [7, 11) is 1.57. The van der Waals surface area contributed by atoms with E-state index in [1.165, 1.54) is 4.57 Å². The predicted octanol–water partition coefficient (Wildman–Crippen LogP) is 2.76. The molecule has 188 valence electrons. The number of pyridine rings is 1. The van der Waals surface area contributed by atoms with Crippen molar-refractivity contribution in [1.29, 1.82) is 0 Å². The fraction of sp³-hybridized carbons (Fsp3) is 0.250. The Labute approximate surface area is 213 Å². The molecule has 0 aliphatic carbocycles. The molecule has 2 amide bonds. The third kappa shape index (κ3) is 4.67. The van der Waals surface area contributed by atoms with E-state index in [-0.39, 0.29) is 18.1 Å². The average Bonchev–Trinajstić information content (AvgIpc) is 2.94. The van der Waals surface area contributed by atoms with Gasteiger partial charge in [0, 0.05) is 43.5 Å². The largest absolute Gasteiger partial charge is 0.496 e. The number of aromatic nitrogens is 3. The van der Waals surface area contributed by atoms with Crippen LogP contribution in [0.5, 0.6) is 5.75 Å². The summed E-state index contributed by atoms with van der Waals surface area (Å²) >= 11 is 0. The van der Waals surface area contributed by atoms with Gasteiger partial charge in [0.2, 0.25) is 0 Å². The van der Waals surface area contributed by atoms with Gasteiger partial charge in [-0.1, -0.05) is 36.4 Å². The number of hydrogen-bond donors (Lipinski definition) is 0. The van der Waals surface area contributed by atoms with E-state index in [1.54, 1.807) is 35.2 Å². The summed E-state index contributed by atoms with van der Waals surface area (Å²) in [5.41, 5.74) is 2.53. The summed E-state index contributed by atoms with van der Waals surface area (Å²) in [6, 6.07) is 18.3. The molecule has 1 fully saturated rings. The van der Waals surface area contributed by atoms with E-state index in [4.69, 9.17) is 4.74 Å². The van der Waals surface area contributed by atoms with Crippen molar-refractivity contribution < 1.29 is 14.3 Å². The number of ether oxygens (including phenoxy) is 1. The number of hydrogen-bond acceptors (Lipinski definition) is 6. The molecule has 0 unspecified atom stereocenters. The zero-order valence-electron chi connectivity index (χ0n) is 20.8. The number of methoxy groups -OCH3 is 1. The molecule has 5 rings (SSSR count). The van der Waals surface area contributed by atoms with Crippen LogP contribution in [0, 0.1) is 6.92 Å². The quantitative estimate of drug-likeness (QED) is 0.421. The molecule has 9 heteroatoms. The molecule has 0 radical (unpaired) electrons. The van der Waals surface area contributed by atoms with Gasteiger partial charge < -0.3 is 14.5 Å². The van der Waals surface area contributed by atoms with Gasteiger partial charge >= 0.3 is 0 Å². The van der Waals surface area contributed by atoms with Gasteiger partial charge in [-0.25, -0.2) is 9.97 Å². The maximum absolute atomic E-state index is 13.6. The summed E-state index contributed by atoms with van der Waals surface area (Å²) in [5, 5.41) is 0. The third-order valence-corrected chi connectivity index (χ3v) is 6.65. The number of benzene rings is 2. The van der Waals surface area contributed by atoms with E-state index >= 15 is 0 Å². The molecule has 37 heavy (non-hydrogen) atoms. The van der Waals surface area contributed by atoms with Crippen LogP contribution < -0.4 is 10.3 Å². The summed E-state index contributed by atoms with van der Waals surface area (Å²) in [5.74, 6) is 0.129. The monoisotopic (exact) mass is 497 g/mol. The topological polar surface area (TPSA) is 97.6 Å². The van der Waals surface area contributed by atoms with Gasteiger partial charge in [-0.05, 0) is 36.8 Å². The number of para-hydroxylation sites is 1. The highest BCUT2D eigenvalue weighted by Crippen LogP contribution is 2.20. The fourth-order valence-corrected chi connectivity index (χ4v) is 4.61. The summed E-state index contributed by atoms with van der Waals surface area (Å²) in [4.78, 5) is 52.1. The minimum absolute atomic E-state index is 0.0562. The Kier molecular flexibility index (Phi) is 6.68. The lowest BCUT2D eigenvalue weighted by molar-refractivity contribution is 0.0530. The number of fused-ring (bicyclic) bond motifs is 1. The number of piperazine rings is 1. The second-order valence-electron chi connectivity index (χ2n) is 8.91. The van der Waals surface area contributed by atoms with Crippen LogP contribution in [0.15, 0.2) is 71.7 Å². The van der Waals surface area contributed by atoms with Crippen LogP contribution >= 0.6 is 0 Å².